The topological polar surface area (TPSA) is 49.4 Å². The second kappa shape index (κ2) is 6.95. The van der Waals surface area contributed by atoms with Gasteiger partial charge >= 0.3 is 6.03 Å². The van der Waals surface area contributed by atoms with Crippen molar-refractivity contribution in [3.63, 3.8) is 0 Å². The van der Waals surface area contributed by atoms with E-state index in [1.165, 1.54) is 16.9 Å². The summed E-state index contributed by atoms with van der Waals surface area (Å²) in [7, 11) is 0. The number of aryl methyl sites for hydroxylation is 1. The summed E-state index contributed by atoms with van der Waals surface area (Å²) >= 11 is 0. The predicted molar refractivity (Wildman–Crippen MR) is 87.4 cm³/mol. The van der Waals surface area contributed by atoms with Crippen LogP contribution >= 0.6 is 0 Å². The number of unbranched alkanes of at least 4 members (excludes halogenated alkanes) is 3. The van der Waals surface area contributed by atoms with Gasteiger partial charge in [0.1, 0.15) is 5.54 Å². The Labute approximate surface area is 132 Å². The number of hydrogen-bond donors (Lipinski definition) is 1. The van der Waals surface area contributed by atoms with Gasteiger partial charge in [-0.3, -0.25) is 9.69 Å². The molecule has 0 aromatic heterocycles. The summed E-state index contributed by atoms with van der Waals surface area (Å²) in [6.45, 7) is 6.36. The maximum atomic E-state index is 12.6. The molecule has 1 saturated heterocycles. The van der Waals surface area contributed by atoms with Gasteiger partial charge in [0.15, 0.2) is 0 Å². The van der Waals surface area contributed by atoms with Gasteiger partial charge in [-0.15, -0.1) is 0 Å². The lowest BCUT2D eigenvalue weighted by Crippen LogP contribution is -2.43. The zero-order valence-electron chi connectivity index (χ0n) is 13.8. The van der Waals surface area contributed by atoms with Crippen molar-refractivity contribution in [1.82, 2.24) is 10.2 Å². The Morgan fingerprint density at radius 3 is 2.41 bits per heavy atom. The summed E-state index contributed by atoms with van der Waals surface area (Å²) in [5, 5.41) is 2.88. The van der Waals surface area contributed by atoms with Gasteiger partial charge in [0.2, 0.25) is 0 Å². The molecule has 4 heteroatoms. The van der Waals surface area contributed by atoms with E-state index in [1.54, 1.807) is 0 Å². The summed E-state index contributed by atoms with van der Waals surface area (Å²) in [5.41, 5.74) is 1.40. The number of rotatable bonds is 7. The molecule has 1 aliphatic rings. The monoisotopic (exact) mass is 302 g/mol. The molecule has 1 heterocycles. The van der Waals surface area contributed by atoms with E-state index in [0.717, 1.165) is 24.8 Å². The summed E-state index contributed by atoms with van der Waals surface area (Å²) in [4.78, 5) is 26.1. The van der Waals surface area contributed by atoms with E-state index in [1.807, 2.05) is 38.1 Å². The van der Waals surface area contributed by atoms with Crippen LogP contribution < -0.4 is 5.32 Å². The third-order valence-electron chi connectivity index (χ3n) is 4.34. The lowest BCUT2D eigenvalue weighted by atomic mass is 9.94. The average molecular weight is 302 g/mol. The average Bonchev–Trinajstić information content (AvgIpc) is 2.70. The fourth-order valence-corrected chi connectivity index (χ4v) is 2.84. The van der Waals surface area contributed by atoms with E-state index in [4.69, 9.17) is 0 Å². The summed E-state index contributed by atoms with van der Waals surface area (Å²) in [5.74, 6) is -0.102. The highest BCUT2D eigenvalue weighted by Crippen LogP contribution is 2.25. The van der Waals surface area contributed by atoms with Crippen molar-refractivity contribution in [2.45, 2.75) is 65.0 Å². The SMILES string of the molecule is CCCCCCC1(C)NC(=O)N(Cc2ccc(C)cc2)C1=O. The van der Waals surface area contributed by atoms with Gasteiger partial charge in [0.05, 0.1) is 6.54 Å². The van der Waals surface area contributed by atoms with Gasteiger partial charge in [-0.1, -0.05) is 62.4 Å². The molecule has 1 aromatic carbocycles. The number of nitrogens with one attached hydrogen (secondary N) is 1. The molecule has 120 valence electrons. The Hall–Kier alpha value is -1.84. The molecule has 3 amide bonds. The van der Waals surface area contributed by atoms with Gasteiger partial charge in [-0.05, 0) is 25.8 Å². The van der Waals surface area contributed by atoms with Gasteiger partial charge in [-0.25, -0.2) is 4.79 Å². The number of urea groups is 1. The molecule has 0 bridgehead atoms. The minimum Gasteiger partial charge on any atom is -0.323 e. The largest absolute Gasteiger partial charge is 0.325 e. The van der Waals surface area contributed by atoms with E-state index in [0.29, 0.717) is 13.0 Å². The number of carbonyl (C=O) groups excluding carboxylic acids is 2. The molecule has 0 spiro atoms. The molecule has 1 atom stereocenters. The van der Waals surface area contributed by atoms with Gasteiger partial charge in [0.25, 0.3) is 5.91 Å². The minimum absolute atomic E-state index is 0.102. The fourth-order valence-electron chi connectivity index (χ4n) is 2.84. The number of hydrogen-bond acceptors (Lipinski definition) is 2. The summed E-state index contributed by atoms with van der Waals surface area (Å²) < 4.78 is 0. The third kappa shape index (κ3) is 3.67. The summed E-state index contributed by atoms with van der Waals surface area (Å²) in [6.07, 6.45) is 5.12. The fraction of sp³-hybridized carbons (Fsp3) is 0.556. The van der Waals surface area contributed by atoms with Crippen LogP contribution in [0.4, 0.5) is 4.79 Å². The maximum absolute atomic E-state index is 12.6. The number of carbonyl (C=O) groups is 2. The quantitative estimate of drug-likeness (QED) is 0.615. The number of nitrogens with zero attached hydrogens (tertiary/aromatic N) is 1. The van der Waals surface area contributed by atoms with Crippen molar-refractivity contribution in [2.24, 2.45) is 0 Å². The van der Waals surface area contributed by atoms with Crippen LogP contribution in [0.5, 0.6) is 0 Å². The Morgan fingerprint density at radius 1 is 1.09 bits per heavy atom. The van der Waals surface area contributed by atoms with E-state index in [-0.39, 0.29) is 11.9 Å². The van der Waals surface area contributed by atoms with Crippen LogP contribution in [0, 0.1) is 6.92 Å². The van der Waals surface area contributed by atoms with E-state index < -0.39 is 5.54 Å². The zero-order chi connectivity index (χ0) is 16.2. The number of imide groups is 1. The Bertz CT molecular complexity index is 539. The van der Waals surface area contributed by atoms with E-state index in [2.05, 4.69) is 12.2 Å². The molecule has 1 unspecified atom stereocenters. The van der Waals surface area contributed by atoms with Gasteiger partial charge in [-0.2, -0.15) is 0 Å². The molecule has 0 saturated carbocycles. The number of amides is 3. The van der Waals surface area contributed by atoms with Crippen molar-refractivity contribution >= 4 is 11.9 Å². The second-order valence-corrected chi connectivity index (χ2v) is 6.45. The van der Waals surface area contributed by atoms with Crippen molar-refractivity contribution in [2.75, 3.05) is 0 Å². The van der Waals surface area contributed by atoms with Crippen molar-refractivity contribution in [3.05, 3.63) is 35.4 Å². The van der Waals surface area contributed by atoms with Crippen LogP contribution in [0.3, 0.4) is 0 Å². The van der Waals surface area contributed by atoms with E-state index in [9.17, 15) is 9.59 Å². The Balaban J connectivity index is 2.00. The van der Waals surface area contributed by atoms with Gasteiger partial charge in [0, 0.05) is 0 Å². The first-order valence-electron chi connectivity index (χ1n) is 8.16. The second-order valence-electron chi connectivity index (χ2n) is 6.45. The molecule has 1 fully saturated rings. The molecule has 0 aliphatic carbocycles. The van der Waals surface area contributed by atoms with Crippen LogP contribution in [0.1, 0.15) is 57.1 Å². The molecule has 1 aromatic rings. The van der Waals surface area contributed by atoms with Crippen molar-refractivity contribution < 1.29 is 9.59 Å². The first-order valence-corrected chi connectivity index (χ1v) is 8.16. The highest BCUT2D eigenvalue weighted by molar-refractivity contribution is 6.06. The Kier molecular flexibility index (Phi) is 5.22. The normalized spacial score (nSPS) is 21.3. The first-order chi connectivity index (χ1) is 10.5. The summed E-state index contributed by atoms with van der Waals surface area (Å²) in [6, 6.07) is 7.65. The van der Waals surface area contributed by atoms with Crippen LogP contribution in [0.25, 0.3) is 0 Å². The molecule has 1 aliphatic heterocycles. The van der Waals surface area contributed by atoms with Crippen LogP contribution in [0.2, 0.25) is 0 Å². The highest BCUT2D eigenvalue weighted by Gasteiger charge is 2.46. The zero-order valence-corrected chi connectivity index (χ0v) is 13.8. The van der Waals surface area contributed by atoms with E-state index >= 15 is 0 Å². The van der Waals surface area contributed by atoms with Crippen LogP contribution in [-0.4, -0.2) is 22.4 Å². The molecule has 22 heavy (non-hydrogen) atoms. The molecular formula is C18H26N2O2. The molecule has 2 rings (SSSR count). The minimum atomic E-state index is -0.741. The molecule has 0 radical (unpaired) electrons. The number of benzene rings is 1. The van der Waals surface area contributed by atoms with Crippen molar-refractivity contribution in [3.8, 4) is 0 Å². The smallest absolute Gasteiger partial charge is 0.323 e. The molecule has 1 N–H and O–H groups in total. The van der Waals surface area contributed by atoms with Gasteiger partial charge < -0.3 is 5.32 Å². The maximum Gasteiger partial charge on any atom is 0.325 e. The predicted octanol–water partition coefficient (Wildman–Crippen LogP) is 3.78. The van der Waals surface area contributed by atoms with Crippen LogP contribution in [0.15, 0.2) is 24.3 Å². The lowest BCUT2D eigenvalue weighted by Gasteiger charge is -2.21. The molecule has 4 nitrogen and oxygen atoms in total. The van der Waals surface area contributed by atoms with Crippen LogP contribution in [-0.2, 0) is 11.3 Å². The highest BCUT2D eigenvalue weighted by atomic mass is 16.2. The molecular weight excluding hydrogens is 276 g/mol. The first kappa shape index (κ1) is 16.5. The standard InChI is InChI=1S/C18H26N2O2/c1-4-5-6-7-12-18(3)16(21)20(17(22)19-18)13-15-10-8-14(2)9-11-15/h8-11H,4-7,12-13H2,1-3H3,(H,19,22). The lowest BCUT2D eigenvalue weighted by molar-refractivity contribution is -0.131. The Morgan fingerprint density at radius 2 is 1.77 bits per heavy atom. The van der Waals surface area contributed by atoms with Crippen molar-refractivity contribution in [1.29, 1.82) is 0 Å². The third-order valence-corrected chi connectivity index (χ3v) is 4.34.